The molecule has 3 atom stereocenters. The third-order valence-electron chi connectivity index (χ3n) is 3.20. The minimum atomic E-state index is 0.292. The van der Waals surface area contributed by atoms with E-state index in [2.05, 4.69) is 20.8 Å². The number of carbonyl (C=O) groups is 1. The number of Topliss-reactive ketones (excluding diaryl/α,β-unsaturated/α-hetero) is 1. The highest BCUT2D eigenvalue weighted by atomic mass is 16.1. The fourth-order valence-electron chi connectivity index (χ4n) is 2.07. The van der Waals surface area contributed by atoms with Crippen LogP contribution in [0.1, 0.15) is 46.5 Å². The van der Waals surface area contributed by atoms with Crippen LogP contribution in [0, 0.1) is 17.8 Å². The van der Waals surface area contributed by atoms with Crippen LogP contribution in [0.3, 0.4) is 0 Å². The van der Waals surface area contributed by atoms with Gasteiger partial charge in [-0.15, -0.1) is 0 Å². The summed E-state index contributed by atoms with van der Waals surface area (Å²) >= 11 is 0. The zero-order valence-electron chi connectivity index (χ0n) is 8.47. The quantitative estimate of drug-likeness (QED) is 0.633. The molecule has 0 saturated heterocycles. The van der Waals surface area contributed by atoms with Crippen LogP contribution in [0.4, 0.5) is 0 Å². The second-order valence-electron chi connectivity index (χ2n) is 4.33. The monoisotopic (exact) mass is 168 g/mol. The largest absolute Gasteiger partial charge is 0.299 e. The van der Waals surface area contributed by atoms with Crippen LogP contribution in [0.2, 0.25) is 0 Å². The molecule has 0 heterocycles. The molecular formula is C11H20O. The molecule has 0 aliphatic heterocycles. The molecule has 0 radical (unpaired) electrons. The summed E-state index contributed by atoms with van der Waals surface area (Å²) in [4.78, 5) is 11.7. The maximum Gasteiger partial charge on any atom is 0.138 e. The van der Waals surface area contributed by atoms with Crippen molar-refractivity contribution in [1.29, 1.82) is 0 Å². The van der Waals surface area contributed by atoms with Crippen LogP contribution in [0.15, 0.2) is 0 Å². The van der Waals surface area contributed by atoms with Gasteiger partial charge in [0.15, 0.2) is 0 Å². The van der Waals surface area contributed by atoms with Crippen LogP contribution in [-0.2, 0) is 4.79 Å². The Morgan fingerprint density at radius 1 is 1.50 bits per heavy atom. The zero-order chi connectivity index (χ0) is 9.14. The Kier molecular flexibility index (Phi) is 3.30. The van der Waals surface area contributed by atoms with Crippen molar-refractivity contribution in [2.45, 2.75) is 46.5 Å². The average Bonchev–Trinajstić information content (AvgIpc) is 2.49. The summed E-state index contributed by atoms with van der Waals surface area (Å²) in [6, 6.07) is 0. The normalized spacial score (nSPS) is 31.9. The highest BCUT2D eigenvalue weighted by Gasteiger charge is 2.29. The Hall–Kier alpha value is -0.330. The molecule has 1 fully saturated rings. The van der Waals surface area contributed by atoms with E-state index in [0.717, 1.165) is 25.2 Å². The molecule has 0 N–H and O–H groups in total. The third kappa shape index (κ3) is 2.09. The second kappa shape index (κ2) is 4.06. The maximum absolute atomic E-state index is 11.7. The molecule has 1 aliphatic carbocycles. The molecule has 0 amide bonds. The molecule has 3 unspecified atom stereocenters. The van der Waals surface area contributed by atoms with E-state index in [4.69, 9.17) is 0 Å². The molecular weight excluding hydrogens is 148 g/mol. The number of rotatable bonds is 3. The molecule has 1 saturated carbocycles. The maximum atomic E-state index is 11.7. The first-order valence-electron chi connectivity index (χ1n) is 5.18. The summed E-state index contributed by atoms with van der Waals surface area (Å²) < 4.78 is 0. The van der Waals surface area contributed by atoms with Crippen LogP contribution in [0.5, 0.6) is 0 Å². The number of ketones is 1. The topological polar surface area (TPSA) is 17.1 Å². The minimum Gasteiger partial charge on any atom is -0.299 e. The van der Waals surface area contributed by atoms with Crippen LogP contribution in [-0.4, -0.2) is 5.78 Å². The third-order valence-corrected chi connectivity index (χ3v) is 3.20. The van der Waals surface area contributed by atoms with Crippen molar-refractivity contribution in [2.75, 3.05) is 0 Å². The lowest BCUT2D eigenvalue weighted by atomic mass is 9.91. The summed E-state index contributed by atoms with van der Waals surface area (Å²) in [7, 11) is 0. The van der Waals surface area contributed by atoms with Gasteiger partial charge in [-0.3, -0.25) is 4.79 Å². The van der Waals surface area contributed by atoms with E-state index in [1.165, 1.54) is 6.42 Å². The SMILES string of the molecule is CCC(C)C(=O)C1CCC(C)C1. The highest BCUT2D eigenvalue weighted by molar-refractivity contribution is 5.83. The van der Waals surface area contributed by atoms with Gasteiger partial charge in [-0.25, -0.2) is 0 Å². The fourth-order valence-corrected chi connectivity index (χ4v) is 2.07. The van der Waals surface area contributed by atoms with Crippen LogP contribution >= 0.6 is 0 Å². The summed E-state index contributed by atoms with van der Waals surface area (Å²) in [6.07, 6.45) is 4.55. The van der Waals surface area contributed by atoms with Gasteiger partial charge in [-0.1, -0.05) is 20.8 Å². The van der Waals surface area contributed by atoms with E-state index in [1.807, 2.05) is 0 Å². The van der Waals surface area contributed by atoms with E-state index in [-0.39, 0.29) is 0 Å². The zero-order valence-corrected chi connectivity index (χ0v) is 8.47. The lowest BCUT2D eigenvalue weighted by Crippen LogP contribution is -2.18. The van der Waals surface area contributed by atoms with Gasteiger partial charge >= 0.3 is 0 Å². The van der Waals surface area contributed by atoms with Crippen LogP contribution in [0.25, 0.3) is 0 Å². The standard InChI is InChI=1S/C11H20O/c1-4-9(3)11(12)10-6-5-8(2)7-10/h8-10H,4-7H2,1-3H3. The summed E-state index contributed by atoms with van der Waals surface area (Å²) in [6.45, 7) is 6.41. The van der Waals surface area contributed by atoms with Crippen molar-refractivity contribution in [3.05, 3.63) is 0 Å². The lowest BCUT2D eigenvalue weighted by molar-refractivity contribution is -0.126. The van der Waals surface area contributed by atoms with Crippen molar-refractivity contribution in [3.63, 3.8) is 0 Å². The van der Waals surface area contributed by atoms with Gasteiger partial charge in [0, 0.05) is 11.8 Å². The molecule has 1 aliphatic rings. The van der Waals surface area contributed by atoms with Gasteiger partial charge in [0.1, 0.15) is 5.78 Å². The summed E-state index contributed by atoms with van der Waals surface area (Å²) in [5, 5.41) is 0. The Labute approximate surface area is 75.5 Å². The highest BCUT2D eigenvalue weighted by Crippen LogP contribution is 2.32. The average molecular weight is 168 g/mol. The minimum absolute atomic E-state index is 0.292. The van der Waals surface area contributed by atoms with Crippen molar-refractivity contribution < 1.29 is 4.79 Å². The van der Waals surface area contributed by atoms with E-state index in [0.29, 0.717) is 17.6 Å². The molecule has 0 aromatic carbocycles. The predicted octanol–water partition coefficient (Wildman–Crippen LogP) is 3.04. The summed E-state index contributed by atoms with van der Waals surface area (Å²) in [5.74, 6) is 1.99. The van der Waals surface area contributed by atoms with Gasteiger partial charge in [-0.2, -0.15) is 0 Å². The van der Waals surface area contributed by atoms with Gasteiger partial charge in [0.05, 0.1) is 0 Å². The smallest absolute Gasteiger partial charge is 0.138 e. The first-order chi connectivity index (χ1) is 5.65. The van der Waals surface area contributed by atoms with E-state index < -0.39 is 0 Å². The lowest BCUT2D eigenvalue weighted by Gasteiger charge is -2.13. The second-order valence-corrected chi connectivity index (χ2v) is 4.33. The van der Waals surface area contributed by atoms with Crippen LogP contribution < -0.4 is 0 Å². The van der Waals surface area contributed by atoms with Crippen molar-refractivity contribution in [2.24, 2.45) is 17.8 Å². The molecule has 1 heteroatoms. The van der Waals surface area contributed by atoms with Gasteiger partial charge in [0.25, 0.3) is 0 Å². The van der Waals surface area contributed by atoms with E-state index in [9.17, 15) is 4.79 Å². The Balaban J connectivity index is 2.43. The number of hydrogen-bond acceptors (Lipinski definition) is 1. The predicted molar refractivity (Wildman–Crippen MR) is 51.0 cm³/mol. The van der Waals surface area contributed by atoms with E-state index in [1.54, 1.807) is 0 Å². The molecule has 12 heavy (non-hydrogen) atoms. The molecule has 0 aromatic rings. The molecule has 70 valence electrons. The molecule has 1 nitrogen and oxygen atoms in total. The first kappa shape index (κ1) is 9.76. The molecule has 1 rings (SSSR count). The van der Waals surface area contributed by atoms with Gasteiger partial charge < -0.3 is 0 Å². The Morgan fingerprint density at radius 2 is 2.17 bits per heavy atom. The van der Waals surface area contributed by atoms with Crippen molar-refractivity contribution in [1.82, 2.24) is 0 Å². The van der Waals surface area contributed by atoms with Gasteiger partial charge in [-0.05, 0) is 31.6 Å². The number of carbonyl (C=O) groups excluding carboxylic acids is 1. The molecule has 0 aromatic heterocycles. The van der Waals surface area contributed by atoms with Crippen molar-refractivity contribution in [3.8, 4) is 0 Å². The molecule has 0 spiro atoms. The Morgan fingerprint density at radius 3 is 2.58 bits per heavy atom. The number of hydrogen-bond donors (Lipinski definition) is 0. The summed E-state index contributed by atoms with van der Waals surface area (Å²) in [5.41, 5.74) is 0. The van der Waals surface area contributed by atoms with E-state index >= 15 is 0 Å². The Bertz CT molecular complexity index is 162. The molecule has 0 bridgehead atoms. The fraction of sp³-hybridized carbons (Fsp3) is 0.909. The van der Waals surface area contributed by atoms with Crippen molar-refractivity contribution >= 4 is 5.78 Å². The van der Waals surface area contributed by atoms with Gasteiger partial charge in [0.2, 0.25) is 0 Å². The first-order valence-corrected chi connectivity index (χ1v) is 5.18.